The van der Waals surface area contributed by atoms with Crippen molar-refractivity contribution in [3.8, 4) is 0 Å². The van der Waals surface area contributed by atoms with Crippen LogP contribution >= 0.6 is 27.5 Å². The second-order valence-corrected chi connectivity index (χ2v) is 9.44. The normalized spacial score (nSPS) is 15.7. The van der Waals surface area contributed by atoms with Crippen LogP contribution in [0.25, 0.3) is 0 Å². The maximum atomic E-state index is 13.1. The molecule has 1 saturated carbocycles. The van der Waals surface area contributed by atoms with Gasteiger partial charge in [-0.1, -0.05) is 49.4 Å². The van der Waals surface area contributed by atoms with Gasteiger partial charge in [0, 0.05) is 15.7 Å². The molecule has 28 heavy (non-hydrogen) atoms. The Kier molecular flexibility index (Phi) is 7.48. The zero-order chi connectivity index (χ0) is 20.1. The smallest absolute Gasteiger partial charge is 0.233 e. The number of nitrogens with zero attached hydrogens (tertiary/aromatic N) is 1. The minimum atomic E-state index is -2.55. The highest BCUT2D eigenvalue weighted by Crippen LogP contribution is 2.36. The monoisotopic (exact) mass is 484 g/mol. The Morgan fingerprint density at radius 2 is 2.00 bits per heavy atom. The number of benzene rings is 1. The van der Waals surface area contributed by atoms with Gasteiger partial charge in [-0.15, -0.1) is 0 Å². The number of hydrogen-bond donors (Lipinski definition) is 2. The minimum absolute atomic E-state index is 0.100. The topological polar surface area (TPSA) is 76.1 Å². The zero-order valence-corrected chi connectivity index (χ0v) is 18.5. The van der Waals surface area contributed by atoms with Crippen LogP contribution in [0.2, 0.25) is 5.02 Å². The molecular formula is C20H22BrClN2O3S. The van der Waals surface area contributed by atoms with E-state index in [-0.39, 0.29) is 17.6 Å². The summed E-state index contributed by atoms with van der Waals surface area (Å²) in [6.45, 7) is 0. The number of rotatable bonds is 7. The number of hydrogen-bond acceptors (Lipinski definition) is 4. The van der Waals surface area contributed by atoms with Crippen molar-refractivity contribution in [1.29, 1.82) is 0 Å². The highest BCUT2D eigenvalue weighted by Gasteiger charge is 2.27. The van der Waals surface area contributed by atoms with E-state index in [1.807, 2.05) is 12.1 Å². The first-order valence-electron chi connectivity index (χ1n) is 9.25. The van der Waals surface area contributed by atoms with Crippen molar-refractivity contribution in [2.45, 2.75) is 43.8 Å². The maximum Gasteiger partial charge on any atom is 0.233 e. The van der Waals surface area contributed by atoms with Crippen LogP contribution in [0, 0.1) is 5.92 Å². The third-order valence-corrected chi connectivity index (χ3v) is 6.54. The number of aromatic nitrogens is 1. The molecule has 8 heteroatoms. The molecule has 0 radical (unpaired) electrons. The number of halogens is 2. The molecule has 1 aromatic carbocycles. The lowest BCUT2D eigenvalue weighted by atomic mass is 9.87. The molecule has 0 saturated heterocycles. The highest BCUT2D eigenvalue weighted by molar-refractivity contribution is 9.10. The van der Waals surface area contributed by atoms with Crippen LogP contribution in [0.15, 0.2) is 41.0 Å². The number of thiol groups is 1. The van der Waals surface area contributed by atoms with E-state index in [1.54, 1.807) is 24.4 Å². The van der Waals surface area contributed by atoms with Crippen LogP contribution in [0.5, 0.6) is 0 Å². The van der Waals surface area contributed by atoms with E-state index in [4.69, 9.17) is 11.6 Å². The third kappa shape index (κ3) is 5.78. The van der Waals surface area contributed by atoms with Gasteiger partial charge in [-0.25, -0.2) is 13.4 Å². The van der Waals surface area contributed by atoms with Gasteiger partial charge in [0.05, 0.1) is 11.7 Å². The van der Waals surface area contributed by atoms with Crippen molar-refractivity contribution in [3.63, 3.8) is 0 Å². The number of carbonyl (C=O) groups excluding carboxylic acids is 1. The summed E-state index contributed by atoms with van der Waals surface area (Å²) in [6, 6.07) is 8.81. The third-order valence-electron chi connectivity index (χ3n) is 5.12. The molecule has 0 spiro atoms. The van der Waals surface area contributed by atoms with E-state index in [2.05, 4.69) is 26.2 Å². The second-order valence-electron chi connectivity index (χ2n) is 7.13. The van der Waals surface area contributed by atoms with E-state index in [0.29, 0.717) is 22.3 Å². The first-order valence-corrected chi connectivity index (χ1v) is 11.8. The fourth-order valence-corrected chi connectivity index (χ4v) is 4.82. The van der Waals surface area contributed by atoms with Gasteiger partial charge in [-0.05, 0) is 57.6 Å². The van der Waals surface area contributed by atoms with E-state index in [1.165, 1.54) is 12.8 Å². The van der Waals surface area contributed by atoms with Crippen molar-refractivity contribution >= 4 is 50.0 Å². The average molecular weight is 486 g/mol. The van der Waals surface area contributed by atoms with E-state index < -0.39 is 10.7 Å². The lowest BCUT2D eigenvalue weighted by Crippen LogP contribution is -2.23. The van der Waals surface area contributed by atoms with Crippen molar-refractivity contribution in [3.05, 3.63) is 57.2 Å². The largest absolute Gasteiger partial charge is 0.310 e. The first kappa shape index (κ1) is 21.3. The lowest BCUT2D eigenvalue weighted by molar-refractivity contribution is -0.118. The number of carbonyl (C=O) groups is 1. The molecule has 3 rings (SSSR count). The quantitative estimate of drug-likeness (QED) is 0.546. The van der Waals surface area contributed by atoms with Gasteiger partial charge in [0.1, 0.15) is 16.5 Å². The van der Waals surface area contributed by atoms with Crippen molar-refractivity contribution in [2.75, 3.05) is 5.32 Å². The van der Waals surface area contributed by atoms with E-state index in [9.17, 15) is 13.2 Å². The number of pyridine rings is 1. The summed E-state index contributed by atoms with van der Waals surface area (Å²) in [5, 5.41) is 3.27. The molecule has 0 aliphatic heterocycles. The Morgan fingerprint density at radius 3 is 2.61 bits per heavy atom. The van der Waals surface area contributed by atoms with Crippen molar-refractivity contribution < 1.29 is 13.2 Å². The summed E-state index contributed by atoms with van der Waals surface area (Å²) in [4.78, 5) is 17.3. The maximum absolute atomic E-state index is 13.1. The Bertz CT molecular complexity index is 904. The summed E-state index contributed by atoms with van der Waals surface area (Å²) in [7, 11) is -2.55. The van der Waals surface area contributed by atoms with Crippen LogP contribution in [-0.4, -0.2) is 19.3 Å². The molecule has 150 valence electrons. The minimum Gasteiger partial charge on any atom is -0.310 e. The summed E-state index contributed by atoms with van der Waals surface area (Å²) in [6.07, 6.45) is 7.03. The average Bonchev–Trinajstić information content (AvgIpc) is 3.16. The molecule has 0 bridgehead atoms. The van der Waals surface area contributed by atoms with Gasteiger partial charge >= 0.3 is 0 Å². The molecule has 1 heterocycles. The van der Waals surface area contributed by atoms with Gasteiger partial charge in [0.25, 0.3) is 0 Å². The fourth-order valence-electron chi connectivity index (χ4n) is 3.68. The molecule has 1 amide bonds. The standard InChI is InChI=1S/C20H22BrClN2O3S/c21-16-7-8-19(23-11-16)24-20(25)17(9-13-3-1-2-4-13)14-5-6-15(12-28(26)27)18(22)10-14/h5-8,10-11,13,17,28H,1-4,9,12H2,(H,23,24,25). The summed E-state index contributed by atoms with van der Waals surface area (Å²) in [5.74, 6) is 0.414. The molecular weight excluding hydrogens is 464 g/mol. The lowest BCUT2D eigenvalue weighted by Gasteiger charge is -2.21. The zero-order valence-electron chi connectivity index (χ0n) is 15.2. The van der Waals surface area contributed by atoms with Crippen LogP contribution in [-0.2, 0) is 21.3 Å². The van der Waals surface area contributed by atoms with E-state index in [0.717, 1.165) is 29.3 Å². The predicted octanol–water partition coefficient (Wildman–Crippen LogP) is 4.91. The SMILES string of the molecule is O=C(Nc1ccc(Br)cn1)C(CC1CCCC1)c1ccc(C[SH](=O)=O)c(Cl)c1. The molecule has 1 N–H and O–H groups in total. The molecule has 1 atom stereocenters. The van der Waals surface area contributed by atoms with Gasteiger partial charge in [0.2, 0.25) is 5.91 Å². The fraction of sp³-hybridized carbons (Fsp3) is 0.400. The molecule has 1 fully saturated rings. The van der Waals surface area contributed by atoms with Gasteiger partial charge < -0.3 is 5.32 Å². The summed E-state index contributed by atoms with van der Waals surface area (Å²) in [5.41, 5.74) is 1.35. The van der Waals surface area contributed by atoms with Gasteiger partial charge in [-0.2, -0.15) is 0 Å². The van der Waals surface area contributed by atoms with Crippen LogP contribution in [0.4, 0.5) is 5.82 Å². The molecule has 1 aliphatic carbocycles. The van der Waals surface area contributed by atoms with Crippen molar-refractivity contribution in [1.82, 2.24) is 4.98 Å². The van der Waals surface area contributed by atoms with Gasteiger partial charge in [0.15, 0.2) is 0 Å². The first-order chi connectivity index (χ1) is 13.4. The van der Waals surface area contributed by atoms with Crippen LogP contribution in [0.3, 0.4) is 0 Å². The molecule has 1 unspecified atom stereocenters. The Labute approximate surface area is 180 Å². The second kappa shape index (κ2) is 9.85. The van der Waals surface area contributed by atoms with Crippen LogP contribution in [0.1, 0.15) is 49.1 Å². The highest BCUT2D eigenvalue weighted by atomic mass is 79.9. The predicted molar refractivity (Wildman–Crippen MR) is 115 cm³/mol. The van der Waals surface area contributed by atoms with Crippen LogP contribution < -0.4 is 5.32 Å². The number of nitrogens with one attached hydrogen (secondary N) is 1. The van der Waals surface area contributed by atoms with E-state index >= 15 is 0 Å². The number of amides is 1. The van der Waals surface area contributed by atoms with Crippen molar-refractivity contribution in [2.24, 2.45) is 5.92 Å². The Morgan fingerprint density at radius 1 is 1.25 bits per heavy atom. The molecule has 2 aromatic rings. The summed E-state index contributed by atoms with van der Waals surface area (Å²) < 4.78 is 22.9. The van der Waals surface area contributed by atoms with Gasteiger partial charge in [-0.3, -0.25) is 4.79 Å². The molecule has 1 aromatic heterocycles. The Hall–Kier alpha value is -1.44. The molecule has 1 aliphatic rings. The number of anilines is 1. The molecule has 5 nitrogen and oxygen atoms in total. The Balaban J connectivity index is 1.84. The summed E-state index contributed by atoms with van der Waals surface area (Å²) >= 11 is 9.63.